The van der Waals surface area contributed by atoms with Crippen molar-refractivity contribution in [2.45, 2.75) is 26.2 Å². The van der Waals surface area contributed by atoms with Gasteiger partial charge in [-0.3, -0.25) is 4.79 Å². The number of nitrogens with zero attached hydrogens (tertiary/aromatic N) is 3. The number of hydrogen-bond donors (Lipinski definition) is 2. The molecule has 0 unspecified atom stereocenters. The second kappa shape index (κ2) is 9.47. The van der Waals surface area contributed by atoms with E-state index in [1.165, 1.54) is 12.8 Å². The first kappa shape index (κ1) is 20.7. The lowest BCUT2D eigenvalue weighted by Crippen LogP contribution is -2.18. The van der Waals surface area contributed by atoms with E-state index in [0.717, 1.165) is 47.0 Å². The van der Waals surface area contributed by atoms with E-state index in [-0.39, 0.29) is 5.91 Å². The van der Waals surface area contributed by atoms with Crippen molar-refractivity contribution in [1.82, 2.24) is 10.2 Å². The van der Waals surface area contributed by atoms with Gasteiger partial charge in [-0.25, -0.2) is 0 Å². The largest absolute Gasteiger partial charge is 0.496 e. The number of anilines is 4. The Kier molecular flexibility index (Phi) is 6.31. The van der Waals surface area contributed by atoms with Crippen molar-refractivity contribution >= 4 is 28.8 Å². The van der Waals surface area contributed by atoms with Gasteiger partial charge in [0.25, 0.3) is 0 Å². The zero-order valence-electron chi connectivity index (χ0n) is 17.9. The number of hydrogen-bond acceptors (Lipinski definition) is 6. The van der Waals surface area contributed by atoms with Gasteiger partial charge >= 0.3 is 0 Å². The van der Waals surface area contributed by atoms with Gasteiger partial charge in [-0.1, -0.05) is 12.1 Å². The van der Waals surface area contributed by atoms with Crippen LogP contribution in [0.2, 0.25) is 0 Å². The van der Waals surface area contributed by atoms with Crippen molar-refractivity contribution in [2.24, 2.45) is 0 Å². The van der Waals surface area contributed by atoms with E-state index in [4.69, 9.17) is 4.74 Å². The fourth-order valence-corrected chi connectivity index (χ4v) is 3.79. The maximum absolute atomic E-state index is 12.4. The molecule has 7 nitrogen and oxygen atoms in total. The van der Waals surface area contributed by atoms with Gasteiger partial charge in [-0.05, 0) is 61.2 Å². The number of amides is 1. The summed E-state index contributed by atoms with van der Waals surface area (Å²) in [5.41, 5.74) is 4.69. The molecular formula is C24H27N5O2. The Morgan fingerprint density at radius 3 is 2.52 bits per heavy atom. The van der Waals surface area contributed by atoms with E-state index >= 15 is 0 Å². The van der Waals surface area contributed by atoms with Gasteiger partial charge in [0, 0.05) is 30.5 Å². The smallest absolute Gasteiger partial charge is 0.228 e. The number of rotatable bonds is 7. The summed E-state index contributed by atoms with van der Waals surface area (Å²) in [4.78, 5) is 14.7. The third kappa shape index (κ3) is 5.31. The Hall–Kier alpha value is -3.61. The molecule has 0 spiro atoms. The van der Waals surface area contributed by atoms with Crippen molar-refractivity contribution in [3.8, 4) is 5.75 Å². The Morgan fingerprint density at radius 1 is 1.06 bits per heavy atom. The number of carbonyl (C=O) groups is 1. The Bertz CT molecular complexity index is 1050. The number of aromatic nitrogens is 2. The van der Waals surface area contributed by atoms with Crippen molar-refractivity contribution in [3.05, 3.63) is 65.9 Å². The second-order valence-electron chi connectivity index (χ2n) is 7.72. The summed E-state index contributed by atoms with van der Waals surface area (Å²) < 4.78 is 5.27. The van der Waals surface area contributed by atoms with Crippen LogP contribution in [0.1, 0.15) is 24.0 Å². The van der Waals surface area contributed by atoms with Crippen molar-refractivity contribution in [3.63, 3.8) is 0 Å². The minimum atomic E-state index is -0.0607. The molecule has 0 saturated carbocycles. The van der Waals surface area contributed by atoms with Crippen LogP contribution in [0.3, 0.4) is 0 Å². The summed E-state index contributed by atoms with van der Waals surface area (Å²) in [6.07, 6.45) is 4.55. The van der Waals surface area contributed by atoms with Crippen LogP contribution in [0.4, 0.5) is 22.9 Å². The number of benzene rings is 2. The quantitative estimate of drug-likeness (QED) is 0.596. The molecule has 7 heteroatoms. The van der Waals surface area contributed by atoms with Crippen molar-refractivity contribution in [2.75, 3.05) is 35.7 Å². The Balaban J connectivity index is 1.34. The third-order valence-electron chi connectivity index (χ3n) is 5.38. The zero-order chi connectivity index (χ0) is 21.6. The molecule has 2 N–H and O–H groups in total. The highest BCUT2D eigenvalue weighted by Crippen LogP contribution is 2.24. The standard InChI is InChI=1S/C24H27N5O2/c1-17-13-18(5-10-22(17)31-2)14-24(30)27-20-8-6-19(7-9-20)26-23-15-21(16-25-28-23)29-11-3-4-12-29/h5-10,13,15-16H,3-4,11-12,14H2,1-2H3,(H,26,28)(H,27,30). The highest BCUT2D eigenvalue weighted by Gasteiger charge is 2.13. The summed E-state index contributed by atoms with van der Waals surface area (Å²) in [6.45, 7) is 4.10. The van der Waals surface area contributed by atoms with Crippen LogP contribution in [-0.2, 0) is 11.2 Å². The van der Waals surface area contributed by atoms with E-state index in [9.17, 15) is 4.79 Å². The molecule has 160 valence electrons. The molecule has 0 bridgehead atoms. The highest BCUT2D eigenvalue weighted by molar-refractivity contribution is 5.92. The molecule has 0 atom stereocenters. The molecule has 1 aliphatic rings. The van der Waals surface area contributed by atoms with Crippen LogP contribution in [0, 0.1) is 6.92 Å². The molecule has 4 rings (SSSR count). The summed E-state index contributed by atoms with van der Waals surface area (Å²) in [7, 11) is 1.64. The molecule has 2 aromatic carbocycles. The van der Waals surface area contributed by atoms with Crippen LogP contribution in [0.25, 0.3) is 0 Å². The summed E-state index contributed by atoms with van der Waals surface area (Å²) in [6, 6.07) is 15.4. The van der Waals surface area contributed by atoms with E-state index in [0.29, 0.717) is 12.2 Å². The predicted octanol–water partition coefficient (Wildman–Crippen LogP) is 4.32. The average molecular weight is 418 g/mol. The summed E-state index contributed by atoms with van der Waals surface area (Å²) in [5, 5.41) is 14.5. The van der Waals surface area contributed by atoms with Gasteiger partial charge in [0.15, 0.2) is 5.82 Å². The van der Waals surface area contributed by atoms with E-state index in [2.05, 4.69) is 25.7 Å². The lowest BCUT2D eigenvalue weighted by molar-refractivity contribution is -0.115. The number of ether oxygens (including phenoxy) is 1. The molecule has 3 aromatic rings. The summed E-state index contributed by atoms with van der Waals surface area (Å²) in [5.74, 6) is 1.47. The van der Waals surface area contributed by atoms with E-state index in [1.807, 2.05) is 55.5 Å². The summed E-state index contributed by atoms with van der Waals surface area (Å²) >= 11 is 0. The SMILES string of the molecule is COc1ccc(CC(=O)Nc2ccc(Nc3cc(N4CCCC4)cnn3)cc2)cc1C. The van der Waals surface area contributed by atoms with Gasteiger partial charge in [-0.15, -0.1) is 5.10 Å². The van der Waals surface area contributed by atoms with Gasteiger partial charge < -0.3 is 20.3 Å². The normalized spacial score (nSPS) is 13.2. The lowest BCUT2D eigenvalue weighted by Gasteiger charge is -2.17. The minimum Gasteiger partial charge on any atom is -0.496 e. The minimum absolute atomic E-state index is 0.0607. The maximum atomic E-state index is 12.4. The topological polar surface area (TPSA) is 79.4 Å². The van der Waals surface area contributed by atoms with E-state index in [1.54, 1.807) is 13.3 Å². The fraction of sp³-hybridized carbons (Fsp3) is 0.292. The second-order valence-corrected chi connectivity index (χ2v) is 7.72. The number of carbonyl (C=O) groups excluding carboxylic acids is 1. The number of methoxy groups -OCH3 is 1. The molecule has 0 radical (unpaired) electrons. The molecule has 0 aliphatic carbocycles. The molecule has 1 aliphatic heterocycles. The number of nitrogens with one attached hydrogen (secondary N) is 2. The monoisotopic (exact) mass is 417 g/mol. The molecule has 1 aromatic heterocycles. The maximum Gasteiger partial charge on any atom is 0.228 e. The van der Waals surface area contributed by atoms with E-state index < -0.39 is 0 Å². The molecule has 2 heterocycles. The first-order chi connectivity index (χ1) is 15.1. The van der Waals surface area contributed by atoms with Crippen LogP contribution < -0.4 is 20.3 Å². The van der Waals surface area contributed by atoms with Crippen LogP contribution in [0.5, 0.6) is 5.75 Å². The molecule has 31 heavy (non-hydrogen) atoms. The molecule has 1 saturated heterocycles. The Morgan fingerprint density at radius 2 is 1.81 bits per heavy atom. The van der Waals surface area contributed by atoms with Crippen LogP contribution in [0.15, 0.2) is 54.7 Å². The molecular weight excluding hydrogens is 390 g/mol. The number of aryl methyl sites for hydroxylation is 1. The average Bonchev–Trinajstić information content (AvgIpc) is 3.31. The third-order valence-corrected chi connectivity index (χ3v) is 5.38. The van der Waals surface area contributed by atoms with Gasteiger partial charge in [0.05, 0.1) is 25.4 Å². The van der Waals surface area contributed by atoms with Crippen molar-refractivity contribution in [1.29, 1.82) is 0 Å². The van der Waals surface area contributed by atoms with Gasteiger partial charge in [0.1, 0.15) is 5.75 Å². The van der Waals surface area contributed by atoms with Crippen LogP contribution in [-0.4, -0.2) is 36.3 Å². The zero-order valence-corrected chi connectivity index (χ0v) is 17.9. The lowest BCUT2D eigenvalue weighted by atomic mass is 10.1. The fourth-order valence-electron chi connectivity index (χ4n) is 3.79. The Labute approximate surface area is 182 Å². The first-order valence-electron chi connectivity index (χ1n) is 10.5. The van der Waals surface area contributed by atoms with Gasteiger partial charge in [0.2, 0.25) is 5.91 Å². The first-order valence-corrected chi connectivity index (χ1v) is 10.5. The van der Waals surface area contributed by atoms with Crippen LogP contribution >= 0.6 is 0 Å². The van der Waals surface area contributed by atoms with Gasteiger partial charge in [-0.2, -0.15) is 5.10 Å². The molecule has 1 fully saturated rings. The highest BCUT2D eigenvalue weighted by atomic mass is 16.5. The van der Waals surface area contributed by atoms with Crippen molar-refractivity contribution < 1.29 is 9.53 Å². The predicted molar refractivity (Wildman–Crippen MR) is 123 cm³/mol. The molecule has 1 amide bonds.